The summed E-state index contributed by atoms with van der Waals surface area (Å²) in [6.07, 6.45) is 4.29. The van der Waals surface area contributed by atoms with E-state index in [1.54, 1.807) is 11.8 Å². The molecule has 1 N–H and O–H groups in total. The second-order valence-electron chi connectivity index (χ2n) is 6.27. The fourth-order valence-corrected chi connectivity index (χ4v) is 3.88. The molecule has 0 bridgehead atoms. The number of halogens is 1. The summed E-state index contributed by atoms with van der Waals surface area (Å²) < 4.78 is 12.9. The number of anilines is 1. The number of thioether (sulfide) groups is 1. The Morgan fingerprint density at radius 3 is 2.65 bits per heavy atom. The number of aromatic nitrogens is 2. The number of benzene rings is 1. The lowest BCUT2D eigenvalue weighted by Crippen LogP contribution is -2.39. The van der Waals surface area contributed by atoms with Gasteiger partial charge in [0.15, 0.2) is 5.82 Å². The fourth-order valence-electron chi connectivity index (χ4n) is 3.07. The molecule has 0 unspecified atom stereocenters. The van der Waals surface area contributed by atoms with Gasteiger partial charge in [0, 0.05) is 24.5 Å². The van der Waals surface area contributed by atoms with Crippen LogP contribution in [0.5, 0.6) is 0 Å². The molecule has 3 rings (SSSR count). The quantitative estimate of drug-likeness (QED) is 0.786. The van der Waals surface area contributed by atoms with Gasteiger partial charge in [0.1, 0.15) is 0 Å². The van der Waals surface area contributed by atoms with Gasteiger partial charge in [0.05, 0.1) is 18.0 Å². The maximum atomic E-state index is 12.9. The minimum Gasteiger partial charge on any atom is -0.352 e. The molecule has 1 aromatic heterocycles. The molecule has 1 saturated heterocycles. The second-order valence-corrected chi connectivity index (χ2v) is 7.58. The van der Waals surface area contributed by atoms with E-state index in [0.717, 1.165) is 42.1 Å². The van der Waals surface area contributed by atoms with Crippen LogP contribution in [0.15, 0.2) is 41.6 Å². The highest BCUT2D eigenvalue weighted by atomic mass is 32.2. The normalized spacial score (nSPS) is 15.1. The number of hydrogen-bond acceptors (Lipinski definition) is 5. The first-order chi connectivity index (χ1) is 12.7. The molecule has 1 fully saturated rings. The van der Waals surface area contributed by atoms with Gasteiger partial charge in [-0.15, -0.1) is 11.8 Å². The average Bonchev–Trinajstić information content (AvgIpc) is 2.68. The predicted octanol–water partition coefficient (Wildman–Crippen LogP) is 3.37. The highest BCUT2D eigenvalue weighted by Gasteiger charge is 2.22. The van der Waals surface area contributed by atoms with Crippen LogP contribution in [0, 0.1) is 11.7 Å². The zero-order valence-corrected chi connectivity index (χ0v) is 15.6. The monoisotopic (exact) mass is 374 g/mol. The van der Waals surface area contributed by atoms with Gasteiger partial charge in [0.25, 0.3) is 5.91 Å². The number of rotatable bonds is 6. The lowest BCUT2D eigenvalue weighted by atomic mass is 9.97. The van der Waals surface area contributed by atoms with Crippen molar-refractivity contribution in [3.05, 3.63) is 48.0 Å². The maximum Gasteiger partial charge on any atom is 0.252 e. The molecule has 0 saturated carbocycles. The minimum atomic E-state index is -0.423. The molecule has 1 amide bonds. The highest BCUT2D eigenvalue weighted by molar-refractivity contribution is 7.99. The van der Waals surface area contributed by atoms with Crippen molar-refractivity contribution in [1.82, 2.24) is 15.3 Å². The third kappa shape index (κ3) is 4.72. The first kappa shape index (κ1) is 18.6. The van der Waals surface area contributed by atoms with E-state index in [4.69, 9.17) is 0 Å². The third-order valence-electron chi connectivity index (χ3n) is 4.49. The third-order valence-corrected chi connectivity index (χ3v) is 5.44. The van der Waals surface area contributed by atoms with Gasteiger partial charge in [-0.05, 0) is 36.6 Å². The Kier molecular flexibility index (Phi) is 6.44. The van der Waals surface area contributed by atoms with Gasteiger partial charge in [-0.25, -0.2) is 14.4 Å². The van der Waals surface area contributed by atoms with Crippen molar-refractivity contribution >= 4 is 23.6 Å². The molecule has 0 radical (unpaired) electrons. The van der Waals surface area contributed by atoms with Gasteiger partial charge in [-0.3, -0.25) is 4.79 Å². The summed E-state index contributed by atoms with van der Waals surface area (Å²) in [7, 11) is 0. The van der Waals surface area contributed by atoms with Gasteiger partial charge in [0.2, 0.25) is 5.95 Å². The van der Waals surface area contributed by atoms with Crippen molar-refractivity contribution < 1.29 is 9.18 Å². The molecule has 0 spiro atoms. The first-order valence-corrected chi connectivity index (χ1v) is 9.88. The topological polar surface area (TPSA) is 58.1 Å². The van der Waals surface area contributed by atoms with Crippen molar-refractivity contribution in [2.45, 2.75) is 24.7 Å². The number of amides is 1. The number of nitrogens with zero attached hydrogens (tertiary/aromatic N) is 3. The Labute approximate surface area is 157 Å². The maximum absolute atomic E-state index is 12.9. The SMILES string of the molecule is CCSc1ccccc1C(=O)NCC1CCN(c2ncc(F)cn2)CC1. The summed E-state index contributed by atoms with van der Waals surface area (Å²) >= 11 is 1.68. The van der Waals surface area contributed by atoms with Gasteiger partial charge < -0.3 is 10.2 Å². The highest BCUT2D eigenvalue weighted by Crippen LogP contribution is 2.23. The smallest absolute Gasteiger partial charge is 0.252 e. The molecule has 1 aliphatic heterocycles. The summed E-state index contributed by atoms with van der Waals surface area (Å²) in [5, 5.41) is 3.08. The van der Waals surface area contributed by atoms with E-state index in [1.165, 1.54) is 12.4 Å². The zero-order valence-electron chi connectivity index (χ0n) is 14.8. The molecule has 0 aliphatic carbocycles. The molecular formula is C19H23FN4OS. The minimum absolute atomic E-state index is 0.00847. The van der Waals surface area contributed by atoms with Crippen molar-refractivity contribution in [1.29, 1.82) is 0 Å². The van der Waals surface area contributed by atoms with Crippen LogP contribution in [-0.4, -0.2) is 41.3 Å². The van der Waals surface area contributed by atoms with Crippen LogP contribution in [0.25, 0.3) is 0 Å². The summed E-state index contributed by atoms with van der Waals surface area (Å²) in [6, 6.07) is 7.73. The van der Waals surface area contributed by atoms with Gasteiger partial charge in [-0.1, -0.05) is 19.1 Å². The number of carbonyl (C=O) groups excluding carboxylic acids is 1. The average molecular weight is 374 g/mol. The second kappa shape index (κ2) is 8.98. The molecule has 26 heavy (non-hydrogen) atoms. The summed E-state index contributed by atoms with van der Waals surface area (Å²) in [5.41, 5.74) is 0.747. The van der Waals surface area contributed by atoms with E-state index >= 15 is 0 Å². The lowest BCUT2D eigenvalue weighted by Gasteiger charge is -2.32. The number of hydrogen-bond donors (Lipinski definition) is 1. The van der Waals surface area contributed by atoms with Crippen molar-refractivity contribution in [2.24, 2.45) is 5.92 Å². The number of nitrogens with one attached hydrogen (secondary N) is 1. The largest absolute Gasteiger partial charge is 0.352 e. The van der Waals surface area contributed by atoms with Crippen LogP contribution < -0.4 is 10.2 Å². The van der Waals surface area contributed by atoms with E-state index in [2.05, 4.69) is 27.1 Å². The summed E-state index contributed by atoms with van der Waals surface area (Å²) in [5.74, 6) is 1.51. The Balaban J connectivity index is 1.49. The predicted molar refractivity (Wildman–Crippen MR) is 102 cm³/mol. The Bertz CT molecular complexity index is 733. The number of carbonyl (C=O) groups is 1. The van der Waals surface area contributed by atoms with Crippen molar-refractivity contribution in [2.75, 3.05) is 30.3 Å². The van der Waals surface area contributed by atoms with E-state index < -0.39 is 5.82 Å². The molecule has 1 aromatic carbocycles. The molecule has 138 valence electrons. The van der Waals surface area contributed by atoms with Crippen LogP contribution in [0.1, 0.15) is 30.1 Å². The molecular weight excluding hydrogens is 351 g/mol. The van der Waals surface area contributed by atoms with E-state index in [1.807, 2.05) is 24.3 Å². The van der Waals surface area contributed by atoms with Crippen molar-refractivity contribution in [3.8, 4) is 0 Å². The molecule has 2 heterocycles. The Hall–Kier alpha value is -2.15. The van der Waals surface area contributed by atoms with Gasteiger partial charge >= 0.3 is 0 Å². The van der Waals surface area contributed by atoms with Crippen LogP contribution in [-0.2, 0) is 0 Å². The van der Waals surface area contributed by atoms with E-state index in [0.29, 0.717) is 18.4 Å². The summed E-state index contributed by atoms with van der Waals surface area (Å²) in [6.45, 7) is 4.38. The lowest BCUT2D eigenvalue weighted by molar-refractivity contribution is 0.0942. The zero-order chi connectivity index (χ0) is 18.4. The van der Waals surface area contributed by atoms with Gasteiger partial charge in [-0.2, -0.15) is 0 Å². The Morgan fingerprint density at radius 2 is 1.96 bits per heavy atom. The van der Waals surface area contributed by atoms with E-state index in [-0.39, 0.29) is 5.91 Å². The van der Waals surface area contributed by atoms with Crippen LogP contribution >= 0.6 is 11.8 Å². The number of piperidine rings is 1. The first-order valence-electron chi connectivity index (χ1n) is 8.90. The van der Waals surface area contributed by atoms with Crippen molar-refractivity contribution in [3.63, 3.8) is 0 Å². The van der Waals surface area contributed by atoms with E-state index in [9.17, 15) is 9.18 Å². The molecule has 1 aliphatic rings. The molecule has 2 aromatic rings. The van der Waals surface area contributed by atoms with Crippen LogP contribution in [0.3, 0.4) is 0 Å². The Morgan fingerprint density at radius 1 is 1.27 bits per heavy atom. The van der Waals surface area contributed by atoms with Crippen LogP contribution in [0.4, 0.5) is 10.3 Å². The molecule has 0 atom stereocenters. The molecule has 5 nitrogen and oxygen atoms in total. The summed E-state index contributed by atoms with van der Waals surface area (Å²) in [4.78, 5) is 23.7. The fraction of sp³-hybridized carbons (Fsp3) is 0.421. The molecule has 7 heteroatoms. The van der Waals surface area contributed by atoms with Crippen LogP contribution in [0.2, 0.25) is 0 Å². The standard InChI is InChI=1S/C19H23FN4OS/c1-2-26-17-6-4-3-5-16(17)18(25)21-11-14-7-9-24(10-8-14)19-22-12-15(20)13-23-19/h3-6,12-14H,2,7-11H2,1H3,(H,21,25).